The Labute approximate surface area is 103 Å². The van der Waals surface area contributed by atoms with Crippen LogP contribution in [0.1, 0.15) is 17.3 Å². The summed E-state index contributed by atoms with van der Waals surface area (Å²) in [5.74, 6) is 3.73. The first kappa shape index (κ1) is 12.6. The van der Waals surface area contributed by atoms with Crippen molar-refractivity contribution >= 4 is 0 Å². The molecule has 0 amide bonds. The van der Waals surface area contributed by atoms with Gasteiger partial charge in [-0.25, -0.2) is 8.78 Å². The first-order chi connectivity index (χ1) is 8.61. The van der Waals surface area contributed by atoms with Crippen molar-refractivity contribution in [3.8, 4) is 0 Å². The van der Waals surface area contributed by atoms with E-state index >= 15 is 0 Å². The number of halogens is 2. The van der Waals surface area contributed by atoms with Crippen molar-refractivity contribution in [1.82, 2.24) is 20.4 Å². The summed E-state index contributed by atoms with van der Waals surface area (Å²) in [7, 11) is 1.73. The molecule has 7 heteroatoms. The smallest absolute Gasteiger partial charge is 0.159 e. The molecule has 18 heavy (non-hydrogen) atoms. The minimum Gasteiger partial charge on any atom is -0.271 e. The maximum atomic E-state index is 13.1. The molecular formula is C11H13F2N5. The maximum Gasteiger partial charge on any atom is 0.159 e. The van der Waals surface area contributed by atoms with Crippen molar-refractivity contribution < 1.29 is 8.78 Å². The minimum atomic E-state index is -0.869. The molecule has 1 aromatic carbocycles. The number of nitrogens with two attached hydrogens (primary N) is 1. The number of aryl methyl sites for hydroxylation is 1. The fourth-order valence-electron chi connectivity index (χ4n) is 1.76. The van der Waals surface area contributed by atoms with Gasteiger partial charge < -0.3 is 0 Å². The van der Waals surface area contributed by atoms with Gasteiger partial charge in [-0.1, -0.05) is 11.3 Å². The highest BCUT2D eigenvalue weighted by Gasteiger charge is 2.15. The molecule has 0 saturated carbocycles. The molecule has 0 radical (unpaired) electrons. The molecule has 0 aliphatic carbocycles. The van der Waals surface area contributed by atoms with Gasteiger partial charge in [0.15, 0.2) is 11.6 Å². The van der Waals surface area contributed by atoms with Gasteiger partial charge >= 0.3 is 0 Å². The average molecular weight is 253 g/mol. The summed E-state index contributed by atoms with van der Waals surface area (Å²) in [6.07, 6.45) is 1.99. The standard InChI is InChI=1S/C11H13F2N5/c1-18-11(6-15-17-18)10(16-14)5-7-2-3-8(12)9(13)4-7/h2-4,6,10,16H,5,14H2,1H3. The topological polar surface area (TPSA) is 68.8 Å². The second-order valence-electron chi connectivity index (χ2n) is 3.95. The van der Waals surface area contributed by atoms with Gasteiger partial charge in [0.2, 0.25) is 0 Å². The van der Waals surface area contributed by atoms with Crippen LogP contribution >= 0.6 is 0 Å². The molecule has 96 valence electrons. The Morgan fingerprint density at radius 3 is 2.72 bits per heavy atom. The number of benzene rings is 1. The lowest BCUT2D eigenvalue weighted by Crippen LogP contribution is -2.31. The summed E-state index contributed by atoms with van der Waals surface area (Å²) in [6.45, 7) is 0. The van der Waals surface area contributed by atoms with E-state index in [4.69, 9.17) is 5.84 Å². The van der Waals surface area contributed by atoms with Crippen LogP contribution < -0.4 is 11.3 Å². The van der Waals surface area contributed by atoms with Crippen LogP contribution in [0.2, 0.25) is 0 Å². The largest absolute Gasteiger partial charge is 0.271 e. The molecule has 1 atom stereocenters. The van der Waals surface area contributed by atoms with Crippen LogP contribution in [-0.4, -0.2) is 15.0 Å². The van der Waals surface area contributed by atoms with Gasteiger partial charge in [0.05, 0.1) is 17.9 Å². The highest BCUT2D eigenvalue weighted by Crippen LogP contribution is 2.17. The van der Waals surface area contributed by atoms with Crippen LogP contribution in [-0.2, 0) is 13.5 Å². The number of hydrogen-bond acceptors (Lipinski definition) is 4. The molecule has 0 aliphatic heterocycles. The molecule has 1 unspecified atom stereocenters. The van der Waals surface area contributed by atoms with Crippen LogP contribution in [0.5, 0.6) is 0 Å². The van der Waals surface area contributed by atoms with Gasteiger partial charge in [-0.15, -0.1) is 5.10 Å². The minimum absolute atomic E-state index is 0.269. The SMILES string of the molecule is Cn1nncc1C(Cc1ccc(F)c(F)c1)NN. The number of hydrazine groups is 1. The molecule has 5 nitrogen and oxygen atoms in total. The van der Waals surface area contributed by atoms with E-state index in [1.54, 1.807) is 17.9 Å². The molecule has 2 aromatic rings. The summed E-state index contributed by atoms with van der Waals surface area (Å²) < 4.78 is 27.5. The normalized spacial score (nSPS) is 12.7. The van der Waals surface area contributed by atoms with Crippen LogP contribution in [0.25, 0.3) is 0 Å². The zero-order valence-electron chi connectivity index (χ0n) is 9.77. The molecule has 0 aliphatic rings. The molecule has 0 bridgehead atoms. The van der Waals surface area contributed by atoms with Gasteiger partial charge in [0.1, 0.15) is 0 Å². The number of nitrogens with zero attached hydrogens (tertiary/aromatic N) is 3. The number of aromatic nitrogens is 3. The molecule has 3 N–H and O–H groups in total. The van der Waals surface area contributed by atoms with Gasteiger partial charge in [0, 0.05) is 7.05 Å². The van der Waals surface area contributed by atoms with Crippen molar-refractivity contribution in [2.24, 2.45) is 12.9 Å². The Morgan fingerprint density at radius 1 is 1.39 bits per heavy atom. The second kappa shape index (κ2) is 5.19. The lowest BCUT2D eigenvalue weighted by molar-refractivity contribution is 0.493. The van der Waals surface area contributed by atoms with Crippen molar-refractivity contribution in [3.05, 3.63) is 47.3 Å². The second-order valence-corrected chi connectivity index (χ2v) is 3.95. The average Bonchev–Trinajstić information content (AvgIpc) is 2.77. The van der Waals surface area contributed by atoms with E-state index in [0.29, 0.717) is 12.0 Å². The molecule has 0 fully saturated rings. The van der Waals surface area contributed by atoms with E-state index < -0.39 is 11.6 Å². The Kier molecular flexibility index (Phi) is 3.63. The van der Waals surface area contributed by atoms with Gasteiger partial charge in [-0.2, -0.15) is 0 Å². The predicted octanol–water partition coefficient (Wildman–Crippen LogP) is 0.840. The van der Waals surface area contributed by atoms with Gasteiger partial charge in [0.25, 0.3) is 0 Å². The molecule has 2 rings (SSSR count). The van der Waals surface area contributed by atoms with Crippen molar-refractivity contribution in [3.63, 3.8) is 0 Å². The van der Waals surface area contributed by atoms with E-state index in [-0.39, 0.29) is 6.04 Å². The van der Waals surface area contributed by atoms with Crippen molar-refractivity contribution in [2.45, 2.75) is 12.5 Å². The predicted molar refractivity (Wildman–Crippen MR) is 61.1 cm³/mol. The van der Waals surface area contributed by atoms with Crippen LogP contribution in [0, 0.1) is 11.6 Å². The summed E-state index contributed by atoms with van der Waals surface area (Å²) in [5.41, 5.74) is 4.01. The van der Waals surface area contributed by atoms with Crippen LogP contribution in [0.4, 0.5) is 8.78 Å². The molecule has 0 saturated heterocycles. The monoisotopic (exact) mass is 253 g/mol. The summed E-state index contributed by atoms with van der Waals surface area (Å²) in [5, 5.41) is 7.54. The number of rotatable bonds is 4. The maximum absolute atomic E-state index is 13.1. The third kappa shape index (κ3) is 2.52. The summed E-state index contributed by atoms with van der Waals surface area (Å²) >= 11 is 0. The van der Waals surface area contributed by atoms with Gasteiger partial charge in [-0.3, -0.25) is 16.0 Å². The van der Waals surface area contributed by atoms with E-state index in [9.17, 15) is 8.78 Å². The van der Waals surface area contributed by atoms with Crippen molar-refractivity contribution in [1.29, 1.82) is 0 Å². The number of hydrogen-bond donors (Lipinski definition) is 2. The third-order valence-corrected chi connectivity index (χ3v) is 2.73. The lowest BCUT2D eigenvalue weighted by atomic mass is 10.0. The highest BCUT2D eigenvalue weighted by molar-refractivity contribution is 5.20. The van der Waals surface area contributed by atoms with E-state index in [1.807, 2.05) is 0 Å². The molecular weight excluding hydrogens is 240 g/mol. The first-order valence-corrected chi connectivity index (χ1v) is 5.36. The lowest BCUT2D eigenvalue weighted by Gasteiger charge is -2.15. The van der Waals surface area contributed by atoms with Crippen molar-refractivity contribution in [2.75, 3.05) is 0 Å². The van der Waals surface area contributed by atoms with Crippen LogP contribution in [0.15, 0.2) is 24.4 Å². The summed E-state index contributed by atoms with van der Waals surface area (Å²) in [4.78, 5) is 0. The zero-order valence-corrected chi connectivity index (χ0v) is 9.77. The summed E-state index contributed by atoms with van der Waals surface area (Å²) in [6, 6.07) is 3.50. The Bertz CT molecular complexity index is 540. The molecule has 1 aromatic heterocycles. The fourth-order valence-corrected chi connectivity index (χ4v) is 1.76. The number of nitrogens with one attached hydrogen (secondary N) is 1. The molecule has 0 spiro atoms. The van der Waals surface area contributed by atoms with E-state index in [0.717, 1.165) is 17.8 Å². The first-order valence-electron chi connectivity index (χ1n) is 5.36. The van der Waals surface area contributed by atoms with Crippen LogP contribution in [0.3, 0.4) is 0 Å². The van der Waals surface area contributed by atoms with Gasteiger partial charge in [-0.05, 0) is 24.1 Å². The third-order valence-electron chi connectivity index (χ3n) is 2.73. The quantitative estimate of drug-likeness (QED) is 0.626. The Balaban J connectivity index is 2.20. The molecule has 1 heterocycles. The Hall–Kier alpha value is -1.86. The van der Waals surface area contributed by atoms with E-state index in [1.165, 1.54) is 6.07 Å². The van der Waals surface area contributed by atoms with E-state index in [2.05, 4.69) is 15.7 Å². The fraction of sp³-hybridized carbons (Fsp3) is 0.273. The zero-order chi connectivity index (χ0) is 13.1. The Morgan fingerprint density at radius 2 is 2.17 bits per heavy atom. The highest BCUT2D eigenvalue weighted by atomic mass is 19.2.